The number of carbonyl (C=O) groups excluding carboxylic acids is 3. The second-order valence-electron chi connectivity index (χ2n) is 3.46. The topological polar surface area (TPSA) is 83.9 Å². The van der Waals surface area contributed by atoms with Gasteiger partial charge in [-0.05, 0) is 6.92 Å². The number of amides is 1. The Bertz CT molecular complexity index is 301. The Morgan fingerprint density at radius 1 is 1.67 bits per heavy atom. The monoisotopic (exact) mass is 215 g/mol. The minimum Gasteiger partial charge on any atom is -0.466 e. The lowest BCUT2D eigenvalue weighted by Crippen LogP contribution is -2.60. The van der Waals surface area contributed by atoms with Gasteiger partial charge in [-0.25, -0.2) is 4.79 Å². The SMILES string of the molecule is COC(=O)C(O)N1C(=O)CC1CC(C)=O. The highest BCUT2D eigenvalue weighted by molar-refractivity contribution is 5.90. The minimum atomic E-state index is -1.60. The van der Waals surface area contributed by atoms with Gasteiger partial charge in [0.2, 0.25) is 12.1 Å². The second-order valence-corrected chi connectivity index (χ2v) is 3.46. The van der Waals surface area contributed by atoms with Crippen molar-refractivity contribution in [3.63, 3.8) is 0 Å². The number of ether oxygens (including phenoxy) is 1. The molecular weight excluding hydrogens is 202 g/mol. The third kappa shape index (κ3) is 2.33. The minimum absolute atomic E-state index is 0.0884. The van der Waals surface area contributed by atoms with Crippen molar-refractivity contribution in [2.45, 2.75) is 32.0 Å². The first-order valence-corrected chi connectivity index (χ1v) is 4.54. The molecular formula is C9H13NO5. The summed E-state index contributed by atoms with van der Waals surface area (Å²) in [6.45, 7) is 1.39. The molecule has 0 aromatic heterocycles. The van der Waals surface area contributed by atoms with Gasteiger partial charge in [0.1, 0.15) is 5.78 Å². The standard InChI is InChI=1S/C9H13NO5/c1-5(11)3-6-4-7(12)10(6)8(13)9(14)15-2/h6,8,13H,3-4H2,1-2H3. The Labute approximate surface area is 86.8 Å². The second kappa shape index (κ2) is 4.39. The van der Waals surface area contributed by atoms with E-state index in [0.717, 1.165) is 12.0 Å². The van der Waals surface area contributed by atoms with Gasteiger partial charge in [-0.1, -0.05) is 0 Å². The van der Waals surface area contributed by atoms with Crippen LogP contribution in [0.4, 0.5) is 0 Å². The van der Waals surface area contributed by atoms with E-state index >= 15 is 0 Å². The lowest BCUT2D eigenvalue weighted by Gasteiger charge is -2.41. The van der Waals surface area contributed by atoms with E-state index in [1.807, 2.05) is 0 Å². The van der Waals surface area contributed by atoms with Crippen molar-refractivity contribution in [3.05, 3.63) is 0 Å². The maximum absolute atomic E-state index is 11.1. The van der Waals surface area contributed by atoms with E-state index < -0.39 is 12.2 Å². The number of methoxy groups -OCH3 is 1. The molecule has 1 fully saturated rings. The molecule has 1 aliphatic heterocycles. The number of aliphatic hydroxyl groups excluding tert-OH is 1. The average molecular weight is 215 g/mol. The lowest BCUT2D eigenvalue weighted by atomic mass is 9.96. The van der Waals surface area contributed by atoms with Crippen LogP contribution in [0, 0.1) is 0 Å². The predicted molar refractivity (Wildman–Crippen MR) is 48.6 cm³/mol. The van der Waals surface area contributed by atoms with Crippen molar-refractivity contribution in [1.29, 1.82) is 0 Å². The zero-order valence-corrected chi connectivity index (χ0v) is 8.60. The number of esters is 1. The summed E-state index contributed by atoms with van der Waals surface area (Å²) in [5.74, 6) is -1.33. The molecule has 0 aromatic rings. The molecule has 2 atom stereocenters. The number of rotatable bonds is 4. The molecule has 0 spiro atoms. The molecule has 84 valence electrons. The fourth-order valence-electron chi connectivity index (χ4n) is 1.55. The van der Waals surface area contributed by atoms with Crippen LogP contribution in [-0.2, 0) is 19.1 Å². The smallest absolute Gasteiger partial charge is 0.356 e. The molecule has 2 unspecified atom stereocenters. The number of β-lactam (4-membered cyclic amide) rings is 1. The molecule has 15 heavy (non-hydrogen) atoms. The van der Waals surface area contributed by atoms with Gasteiger partial charge in [-0.3, -0.25) is 9.59 Å². The molecule has 1 amide bonds. The quantitative estimate of drug-likeness (QED) is 0.483. The van der Waals surface area contributed by atoms with Crippen LogP contribution in [0.15, 0.2) is 0 Å². The van der Waals surface area contributed by atoms with Crippen molar-refractivity contribution >= 4 is 17.7 Å². The normalized spacial score (nSPS) is 21.9. The Morgan fingerprint density at radius 2 is 2.27 bits per heavy atom. The Morgan fingerprint density at radius 3 is 2.67 bits per heavy atom. The molecule has 6 heteroatoms. The van der Waals surface area contributed by atoms with Crippen molar-refractivity contribution in [1.82, 2.24) is 4.90 Å². The number of ketones is 1. The first-order chi connectivity index (χ1) is 6.97. The first-order valence-electron chi connectivity index (χ1n) is 4.54. The fraction of sp³-hybridized carbons (Fsp3) is 0.667. The molecule has 6 nitrogen and oxygen atoms in total. The largest absolute Gasteiger partial charge is 0.466 e. The van der Waals surface area contributed by atoms with Crippen molar-refractivity contribution in [3.8, 4) is 0 Å². The molecule has 0 radical (unpaired) electrons. The van der Waals surface area contributed by atoms with Gasteiger partial charge in [-0.2, -0.15) is 0 Å². The number of likely N-dealkylation sites (tertiary alicyclic amines) is 1. The van der Waals surface area contributed by atoms with Gasteiger partial charge in [0.05, 0.1) is 13.2 Å². The number of carbonyl (C=O) groups is 3. The molecule has 0 saturated carbocycles. The van der Waals surface area contributed by atoms with Crippen LogP contribution in [0.5, 0.6) is 0 Å². The third-order valence-electron chi connectivity index (χ3n) is 2.29. The molecule has 1 saturated heterocycles. The Hall–Kier alpha value is -1.43. The highest BCUT2D eigenvalue weighted by Gasteiger charge is 2.43. The summed E-state index contributed by atoms with van der Waals surface area (Å²) in [4.78, 5) is 33.9. The maximum atomic E-state index is 11.1. The summed E-state index contributed by atoms with van der Waals surface area (Å²) in [7, 11) is 1.12. The zero-order valence-electron chi connectivity index (χ0n) is 8.60. The van der Waals surface area contributed by atoms with E-state index in [-0.39, 0.29) is 30.6 Å². The number of aliphatic hydroxyl groups is 1. The summed E-state index contributed by atoms with van der Waals surface area (Å²) in [6.07, 6.45) is -1.26. The van der Waals surface area contributed by atoms with E-state index in [2.05, 4.69) is 4.74 Å². The number of nitrogens with zero attached hydrogens (tertiary/aromatic N) is 1. The highest BCUT2D eigenvalue weighted by Crippen LogP contribution is 2.24. The van der Waals surface area contributed by atoms with Gasteiger partial charge in [0.15, 0.2) is 0 Å². The van der Waals surface area contributed by atoms with Gasteiger partial charge in [0.25, 0.3) is 0 Å². The van der Waals surface area contributed by atoms with Crippen LogP contribution in [0.3, 0.4) is 0 Å². The van der Waals surface area contributed by atoms with Gasteiger partial charge in [0, 0.05) is 12.8 Å². The van der Waals surface area contributed by atoms with Crippen LogP contribution in [0.2, 0.25) is 0 Å². The van der Waals surface area contributed by atoms with Crippen LogP contribution in [0.1, 0.15) is 19.8 Å². The number of hydrogen-bond donors (Lipinski definition) is 1. The van der Waals surface area contributed by atoms with Crippen LogP contribution in [0.25, 0.3) is 0 Å². The van der Waals surface area contributed by atoms with Gasteiger partial charge < -0.3 is 14.7 Å². The van der Waals surface area contributed by atoms with Crippen molar-refractivity contribution < 1.29 is 24.2 Å². The fourth-order valence-corrected chi connectivity index (χ4v) is 1.55. The van der Waals surface area contributed by atoms with Crippen LogP contribution < -0.4 is 0 Å². The molecule has 1 N–H and O–H groups in total. The lowest BCUT2D eigenvalue weighted by molar-refractivity contribution is -0.182. The van der Waals surface area contributed by atoms with E-state index in [4.69, 9.17) is 0 Å². The van der Waals surface area contributed by atoms with Crippen LogP contribution >= 0.6 is 0 Å². The molecule has 1 heterocycles. The highest BCUT2D eigenvalue weighted by atomic mass is 16.5. The predicted octanol–water partition coefficient (Wildman–Crippen LogP) is -0.942. The number of Topliss-reactive ketones (excluding diaryl/α,β-unsaturated/α-hetero) is 1. The van der Waals surface area contributed by atoms with Gasteiger partial charge >= 0.3 is 5.97 Å². The molecule has 0 aliphatic carbocycles. The van der Waals surface area contributed by atoms with Crippen molar-refractivity contribution in [2.75, 3.05) is 7.11 Å². The zero-order chi connectivity index (χ0) is 11.6. The van der Waals surface area contributed by atoms with E-state index in [0.29, 0.717) is 0 Å². The first kappa shape index (κ1) is 11.6. The van der Waals surface area contributed by atoms with Crippen molar-refractivity contribution in [2.24, 2.45) is 0 Å². The maximum Gasteiger partial charge on any atom is 0.356 e. The summed E-state index contributed by atoms with van der Waals surface area (Å²) >= 11 is 0. The average Bonchev–Trinajstić information content (AvgIpc) is 2.14. The third-order valence-corrected chi connectivity index (χ3v) is 2.29. The number of hydrogen-bond acceptors (Lipinski definition) is 5. The Balaban J connectivity index is 2.62. The van der Waals surface area contributed by atoms with E-state index in [1.165, 1.54) is 6.92 Å². The molecule has 0 aromatic carbocycles. The summed E-state index contributed by atoms with van der Waals surface area (Å²) < 4.78 is 4.30. The van der Waals surface area contributed by atoms with Gasteiger partial charge in [-0.15, -0.1) is 0 Å². The Kier molecular flexibility index (Phi) is 3.41. The van der Waals surface area contributed by atoms with E-state index in [1.54, 1.807) is 0 Å². The summed E-state index contributed by atoms with van der Waals surface area (Å²) in [6, 6.07) is -0.385. The van der Waals surface area contributed by atoms with Crippen LogP contribution in [-0.4, -0.2) is 47.0 Å². The molecule has 1 rings (SSSR count). The summed E-state index contributed by atoms with van der Waals surface area (Å²) in [5, 5.41) is 9.41. The summed E-state index contributed by atoms with van der Waals surface area (Å²) in [5.41, 5.74) is 0. The molecule has 1 aliphatic rings. The molecule has 0 bridgehead atoms. The van der Waals surface area contributed by atoms with E-state index in [9.17, 15) is 19.5 Å².